The molecule has 0 radical (unpaired) electrons. The van der Waals surface area contributed by atoms with E-state index in [1.807, 2.05) is 11.4 Å². The van der Waals surface area contributed by atoms with Crippen molar-refractivity contribution in [1.29, 1.82) is 0 Å². The Morgan fingerprint density at radius 1 is 1.41 bits per heavy atom. The van der Waals surface area contributed by atoms with Crippen molar-refractivity contribution in [3.05, 3.63) is 26.6 Å². The standard InChI is InChI=1S/C8H5BrF3N3S2/c9-4-1-5(16-3-4)2-13-7-14-6(15-17-7)8(10,11)12/h1,3H,2H2,(H,13,14,15). The minimum atomic E-state index is -4.48. The van der Waals surface area contributed by atoms with E-state index < -0.39 is 12.0 Å². The first-order chi connectivity index (χ1) is 7.95. The van der Waals surface area contributed by atoms with Crippen LogP contribution in [-0.2, 0) is 12.7 Å². The number of nitrogens with one attached hydrogen (secondary N) is 1. The molecule has 0 aliphatic carbocycles. The van der Waals surface area contributed by atoms with Crippen LogP contribution >= 0.6 is 38.8 Å². The average molecular weight is 344 g/mol. The van der Waals surface area contributed by atoms with Crippen molar-refractivity contribution in [2.45, 2.75) is 12.7 Å². The molecule has 9 heteroatoms. The number of aromatic nitrogens is 2. The summed E-state index contributed by atoms with van der Waals surface area (Å²) in [7, 11) is 0. The van der Waals surface area contributed by atoms with Gasteiger partial charge in [-0.2, -0.15) is 22.5 Å². The van der Waals surface area contributed by atoms with Crippen LogP contribution in [0.25, 0.3) is 0 Å². The predicted molar refractivity (Wildman–Crippen MR) is 64.3 cm³/mol. The molecule has 2 aromatic rings. The maximum atomic E-state index is 12.2. The van der Waals surface area contributed by atoms with Gasteiger partial charge in [-0.25, -0.2) is 0 Å². The highest BCUT2D eigenvalue weighted by Crippen LogP contribution is 2.29. The molecule has 1 N–H and O–H groups in total. The highest BCUT2D eigenvalue weighted by Gasteiger charge is 2.36. The van der Waals surface area contributed by atoms with E-state index in [-0.39, 0.29) is 5.13 Å². The van der Waals surface area contributed by atoms with Gasteiger partial charge in [0.15, 0.2) is 0 Å². The van der Waals surface area contributed by atoms with Crippen molar-refractivity contribution in [2.24, 2.45) is 0 Å². The molecule has 0 amide bonds. The number of halogens is 4. The third kappa shape index (κ3) is 3.39. The summed E-state index contributed by atoms with van der Waals surface area (Å²) in [5, 5.41) is 4.87. The van der Waals surface area contributed by atoms with E-state index in [1.165, 1.54) is 11.3 Å². The monoisotopic (exact) mass is 343 g/mol. The fraction of sp³-hybridized carbons (Fsp3) is 0.250. The van der Waals surface area contributed by atoms with Crippen LogP contribution in [0.2, 0.25) is 0 Å². The van der Waals surface area contributed by atoms with Gasteiger partial charge in [-0.05, 0) is 22.0 Å². The maximum absolute atomic E-state index is 12.2. The second-order valence-electron chi connectivity index (χ2n) is 3.01. The van der Waals surface area contributed by atoms with Crippen molar-refractivity contribution >= 4 is 43.9 Å². The second-order valence-corrected chi connectivity index (χ2v) is 5.67. The zero-order chi connectivity index (χ0) is 12.5. The van der Waals surface area contributed by atoms with Crippen LogP contribution in [-0.4, -0.2) is 9.36 Å². The van der Waals surface area contributed by atoms with Gasteiger partial charge in [0.1, 0.15) is 0 Å². The van der Waals surface area contributed by atoms with E-state index in [4.69, 9.17) is 0 Å². The Labute approximate surface area is 111 Å². The van der Waals surface area contributed by atoms with Crippen LogP contribution in [0.5, 0.6) is 0 Å². The van der Waals surface area contributed by atoms with E-state index in [1.54, 1.807) is 0 Å². The first-order valence-electron chi connectivity index (χ1n) is 4.33. The summed E-state index contributed by atoms with van der Waals surface area (Å²) in [5.74, 6) is -1.10. The molecule has 0 spiro atoms. The summed E-state index contributed by atoms with van der Waals surface area (Å²) in [4.78, 5) is 4.37. The summed E-state index contributed by atoms with van der Waals surface area (Å²) < 4.78 is 40.8. The molecule has 0 bridgehead atoms. The SMILES string of the molecule is FC(F)(F)c1nsc(NCc2cc(Br)cs2)n1. The third-order valence-electron chi connectivity index (χ3n) is 1.72. The molecule has 0 atom stereocenters. The third-order valence-corrected chi connectivity index (χ3v) is 4.09. The molecule has 0 aliphatic heterocycles. The van der Waals surface area contributed by atoms with Gasteiger partial charge < -0.3 is 5.32 Å². The Bertz CT molecular complexity index is 508. The molecular formula is C8H5BrF3N3S2. The summed E-state index contributed by atoms with van der Waals surface area (Å²) in [5.41, 5.74) is 0. The average Bonchev–Trinajstić information content (AvgIpc) is 2.82. The molecule has 0 unspecified atom stereocenters. The van der Waals surface area contributed by atoms with E-state index in [0.29, 0.717) is 18.1 Å². The summed E-state index contributed by atoms with van der Waals surface area (Å²) >= 11 is 5.51. The Morgan fingerprint density at radius 3 is 2.71 bits per heavy atom. The highest BCUT2D eigenvalue weighted by molar-refractivity contribution is 9.10. The van der Waals surface area contributed by atoms with Crippen molar-refractivity contribution in [3.8, 4) is 0 Å². The molecule has 0 fully saturated rings. The van der Waals surface area contributed by atoms with Gasteiger partial charge in [0.2, 0.25) is 11.0 Å². The van der Waals surface area contributed by atoms with Gasteiger partial charge >= 0.3 is 6.18 Å². The fourth-order valence-electron chi connectivity index (χ4n) is 1.02. The maximum Gasteiger partial charge on any atom is 0.452 e. The molecule has 17 heavy (non-hydrogen) atoms. The number of thiophene rings is 1. The topological polar surface area (TPSA) is 37.8 Å². The number of alkyl halides is 3. The van der Waals surface area contributed by atoms with Crippen molar-refractivity contribution < 1.29 is 13.2 Å². The van der Waals surface area contributed by atoms with Crippen LogP contribution in [0.15, 0.2) is 15.9 Å². The van der Waals surface area contributed by atoms with Gasteiger partial charge in [0, 0.05) is 26.3 Å². The van der Waals surface area contributed by atoms with Crippen molar-refractivity contribution in [2.75, 3.05) is 5.32 Å². The number of anilines is 1. The molecular weight excluding hydrogens is 339 g/mol. The number of hydrogen-bond donors (Lipinski definition) is 1. The van der Waals surface area contributed by atoms with Crippen molar-refractivity contribution in [1.82, 2.24) is 9.36 Å². The lowest BCUT2D eigenvalue weighted by Gasteiger charge is -1.99. The van der Waals surface area contributed by atoms with Crippen LogP contribution in [0, 0.1) is 0 Å². The first-order valence-corrected chi connectivity index (χ1v) is 6.77. The number of hydrogen-bond acceptors (Lipinski definition) is 5. The lowest BCUT2D eigenvalue weighted by molar-refractivity contribution is -0.144. The van der Waals surface area contributed by atoms with Gasteiger partial charge in [-0.1, -0.05) is 0 Å². The minimum Gasteiger partial charge on any atom is -0.355 e. The zero-order valence-corrected chi connectivity index (χ0v) is 11.3. The highest BCUT2D eigenvalue weighted by atomic mass is 79.9. The molecule has 2 heterocycles. The molecule has 92 valence electrons. The van der Waals surface area contributed by atoms with Crippen LogP contribution in [0.4, 0.5) is 18.3 Å². The number of nitrogens with zero attached hydrogens (tertiary/aromatic N) is 2. The van der Waals surface area contributed by atoms with Gasteiger partial charge in [0.25, 0.3) is 0 Å². The Balaban J connectivity index is 1.98. The summed E-state index contributed by atoms with van der Waals surface area (Å²) in [6.07, 6.45) is -4.48. The molecule has 0 aliphatic rings. The summed E-state index contributed by atoms with van der Waals surface area (Å²) in [6, 6.07) is 1.89. The quantitative estimate of drug-likeness (QED) is 0.915. The number of rotatable bonds is 3. The second kappa shape index (κ2) is 4.91. The molecule has 0 saturated heterocycles. The molecule has 0 aromatic carbocycles. The molecule has 3 nitrogen and oxygen atoms in total. The van der Waals surface area contributed by atoms with Crippen LogP contribution < -0.4 is 5.32 Å². The molecule has 2 aromatic heterocycles. The van der Waals surface area contributed by atoms with E-state index >= 15 is 0 Å². The smallest absolute Gasteiger partial charge is 0.355 e. The molecule has 0 saturated carbocycles. The zero-order valence-electron chi connectivity index (χ0n) is 8.08. The molecule has 2 rings (SSSR count). The van der Waals surface area contributed by atoms with Crippen LogP contribution in [0.1, 0.15) is 10.7 Å². The van der Waals surface area contributed by atoms with E-state index in [2.05, 4.69) is 30.6 Å². The van der Waals surface area contributed by atoms with E-state index in [0.717, 1.165) is 9.35 Å². The lowest BCUT2D eigenvalue weighted by atomic mass is 10.5. The minimum absolute atomic E-state index is 0.168. The van der Waals surface area contributed by atoms with Gasteiger partial charge in [0.05, 0.1) is 6.54 Å². The normalized spacial score (nSPS) is 11.8. The summed E-state index contributed by atoms with van der Waals surface area (Å²) in [6.45, 7) is 0.433. The van der Waals surface area contributed by atoms with E-state index in [9.17, 15) is 13.2 Å². The predicted octanol–water partition coefficient (Wildman–Crippen LogP) is 3.99. The van der Waals surface area contributed by atoms with Gasteiger partial charge in [-0.15, -0.1) is 11.3 Å². The first kappa shape index (κ1) is 12.8. The van der Waals surface area contributed by atoms with Crippen molar-refractivity contribution in [3.63, 3.8) is 0 Å². The largest absolute Gasteiger partial charge is 0.452 e. The van der Waals surface area contributed by atoms with Crippen LogP contribution in [0.3, 0.4) is 0 Å². The van der Waals surface area contributed by atoms with Gasteiger partial charge in [-0.3, -0.25) is 0 Å². The lowest BCUT2D eigenvalue weighted by Crippen LogP contribution is -2.07. The Hall–Kier alpha value is -0.670. The fourth-order valence-corrected chi connectivity index (χ4v) is 2.99. The Morgan fingerprint density at radius 2 is 2.18 bits per heavy atom. The Kier molecular flexibility index (Phi) is 3.69.